The quantitative estimate of drug-likeness (QED) is 0.381. The third-order valence-corrected chi connectivity index (χ3v) is 3.15. The van der Waals surface area contributed by atoms with Crippen LogP contribution in [0.25, 0.3) is 11.1 Å². The van der Waals surface area contributed by atoms with E-state index in [0.29, 0.717) is 5.84 Å². The van der Waals surface area contributed by atoms with Gasteiger partial charge in [0, 0.05) is 5.56 Å². The molecule has 0 fully saturated rings. The van der Waals surface area contributed by atoms with Crippen molar-refractivity contribution < 1.29 is 0 Å². The number of amidine groups is 1. The van der Waals surface area contributed by atoms with Crippen molar-refractivity contribution in [1.82, 2.24) is 0 Å². The predicted octanol–water partition coefficient (Wildman–Crippen LogP) is 2.89. The Kier molecular flexibility index (Phi) is 4.18. The molecule has 2 aromatic rings. The summed E-state index contributed by atoms with van der Waals surface area (Å²) >= 11 is 0. The first-order valence-corrected chi connectivity index (χ1v) is 6.48. The lowest BCUT2D eigenvalue weighted by Crippen LogP contribution is -2.16. The Morgan fingerprint density at radius 3 is 2.37 bits per heavy atom. The van der Waals surface area contributed by atoms with Gasteiger partial charge in [0.25, 0.3) is 0 Å². The standard InChI is InChI=1S/C16H19N3/c1-2-5-12-8-10-13(11-9-12)14-6-3-4-7-15(14)16(17)19-18/h3-4,6-11H,2,5,18H2,1H3,(H2,17,19). The highest BCUT2D eigenvalue weighted by molar-refractivity contribution is 6.03. The Labute approximate surface area is 113 Å². The van der Waals surface area contributed by atoms with Crippen LogP contribution in [-0.2, 0) is 6.42 Å². The zero-order chi connectivity index (χ0) is 13.7. The zero-order valence-corrected chi connectivity index (χ0v) is 11.1. The van der Waals surface area contributed by atoms with E-state index in [4.69, 9.17) is 11.6 Å². The Hall–Kier alpha value is -2.29. The van der Waals surface area contributed by atoms with Gasteiger partial charge in [-0.2, -0.15) is 5.10 Å². The molecule has 0 aromatic heterocycles. The molecular formula is C16H19N3. The summed E-state index contributed by atoms with van der Waals surface area (Å²) in [7, 11) is 0. The van der Waals surface area contributed by atoms with E-state index in [-0.39, 0.29) is 0 Å². The minimum Gasteiger partial charge on any atom is -0.382 e. The summed E-state index contributed by atoms with van der Waals surface area (Å²) < 4.78 is 0. The highest BCUT2D eigenvalue weighted by Crippen LogP contribution is 2.24. The van der Waals surface area contributed by atoms with Crippen molar-refractivity contribution in [3.63, 3.8) is 0 Å². The first-order chi connectivity index (χ1) is 9.26. The Bertz CT molecular complexity index is 571. The number of aryl methyl sites for hydroxylation is 1. The van der Waals surface area contributed by atoms with Crippen LogP contribution >= 0.6 is 0 Å². The molecule has 0 radical (unpaired) electrons. The maximum atomic E-state index is 5.84. The number of nitrogens with two attached hydrogens (primary N) is 2. The van der Waals surface area contributed by atoms with Gasteiger partial charge < -0.3 is 11.6 Å². The summed E-state index contributed by atoms with van der Waals surface area (Å²) in [6.07, 6.45) is 2.26. The first-order valence-electron chi connectivity index (χ1n) is 6.48. The van der Waals surface area contributed by atoms with Gasteiger partial charge in [0.1, 0.15) is 0 Å². The SMILES string of the molecule is CCCc1ccc(-c2ccccc2C(N)=NN)cc1. The molecule has 3 nitrogen and oxygen atoms in total. The van der Waals surface area contributed by atoms with E-state index in [9.17, 15) is 0 Å². The summed E-state index contributed by atoms with van der Waals surface area (Å²) in [5, 5.41) is 3.59. The minimum absolute atomic E-state index is 0.355. The highest BCUT2D eigenvalue weighted by Gasteiger charge is 2.07. The Morgan fingerprint density at radius 1 is 1.05 bits per heavy atom. The second-order valence-electron chi connectivity index (χ2n) is 4.51. The first kappa shape index (κ1) is 13.1. The minimum atomic E-state index is 0.355. The van der Waals surface area contributed by atoms with E-state index < -0.39 is 0 Å². The monoisotopic (exact) mass is 253 g/mol. The van der Waals surface area contributed by atoms with Crippen LogP contribution < -0.4 is 11.6 Å². The number of hydrogen-bond acceptors (Lipinski definition) is 2. The molecule has 0 amide bonds. The molecule has 3 heteroatoms. The lowest BCUT2D eigenvalue weighted by molar-refractivity contribution is 0.922. The zero-order valence-electron chi connectivity index (χ0n) is 11.1. The molecule has 2 aromatic carbocycles. The largest absolute Gasteiger partial charge is 0.382 e. The van der Waals surface area contributed by atoms with Gasteiger partial charge in [-0.25, -0.2) is 0 Å². The van der Waals surface area contributed by atoms with Crippen molar-refractivity contribution in [3.05, 3.63) is 59.7 Å². The van der Waals surface area contributed by atoms with Gasteiger partial charge in [0.15, 0.2) is 5.84 Å². The van der Waals surface area contributed by atoms with Crippen molar-refractivity contribution >= 4 is 5.84 Å². The number of rotatable bonds is 4. The molecule has 4 N–H and O–H groups in total. The number of hydrazone groups is 1. The van der Waals surface area contributed by atoms with Crippen LogP contribution in [0.1, 0.15) is 24.5 Å². The van der Waals surface area contributed by atoms with Crippen LogP contribution in [0.5, 0.6) is 0 Å². The van der Waals surface area contributed by atoms with Gasteiger partial charge in [-0.05, 0) is 23.1 Å². The van der Waals surface area contributed by atoms with Crippen molar-refractivity contribution in [2.45, 2.75) is 19.8 Å². The van der Waals surface area contributed by atoms with Gasteiger partial charge >= 0.3 is 0 Å². The summed E-state index contributed by atoms with van der Waals surface area (Å²) in [6, 6.07) is 16.4. The third-order valence-electron chi connectivity index (χ3n) is 3.15. The fourth-order valence-corrected chi connectivity index (χ4v) is 2.17. The molecule has 19 heavy (non-hydrogen) atoms. The molecule has 0 aliphatic carbocycles. The summed E-state index contributed by atoms with van der Waals surface area (Å²) in [5.41, 5.74) is 10.2. The van der Waals surface area contributed by atoms with Gasteiger partial charge in [-0.1, -0.05) is 61.9 Å². The third kappa shape index (κ3) is 2.94. The van der Waals surface area contributed by atoms with E-state index in [1.54, 1.807) is 0 Å². The number of nitrogens with zero attached hydrogens (tertiary/aromatic N) is 1. The van der Waals surface area contributed by atoms with Crippen molar-refractivity contribution in [1.29, 1.82) is 0 Å². The molecule has 0 saturated heterocycles. The van der Waals surface area contributed by atoms with Gasteiger partial charge in [-0.3, -0.25) is 0 Å². The van der Waals surface area contributed by atoms with E-state index in [0.717, 1.165) is 29.5 Å². The molecule has 0 saturated carbocycles. The lowest BCUT2D eigenvalue weighted by Gasteiger charge is -2.09. The summed E-state index contributed by atoms with van der Waals surface area (Å²) in [4.78, 5) is 0. The van der Waals surface area contributed by atoms with E-state index in [1.807, 2.05) is 24.3 Å². The van der Waals surface area contributed by atoms with Crippen LogP contribution in [0.3, 0.4) is 0 Å². The number of hydrogen-bond donors (Lipinski definition) is 2. The maximum absolute atomic E-state index is 5.84. The van der Waals surface area contributed by atoms with Crippen molar-refractivity contribution in [2.75, 3.05) is 0 Å². The number of benzene rings is 2. The summed E-state index contributed by atoms with van der Waals surface area (Å²) in [6.45, 7) is 2.18. The normalized spacial score (nSPS) is 11.5. The van der Waals surface area contributed by atoms with E-state index in [2.05, 4.69) is 36.3 Å². The van der Waals surface area contributed by atoms with Gasteiger partial charge in [-0.15, -0.1) is 0 Å². The molecule has 0 aliphatic heterocycles. The molecule has 0 atom stereocenters. The van der Waals surface area contributed by atoms with E-state index in [1.165, 1.54) is 5.56 Å². The van der Waals surface area contributed by atoms with Gasteiger partial charge in [0.2, 0.25) is 0 Å². The maximum Gasteiger partial charge on any atom is 0.150 e. The highest BCUT2D eigenvalue weighted by atomic mass is 15.2. The second kappa shape index (κ2) is 6.05. The van der Waals surface area contributed by atoms with Gasteiger partial charge in [0.05, 0.1) is 0 Å². The molecule has 0 heterocycles. The van der Waals surface area contributed by atoms with Crippen molar-refractivity contribution in [3.8, 4) is 11.1 Å². The average Bonchev–Trinajstić information content (AvgIpc) is 2.47. The molecular weight excluding hydrogens is 234 g/mol. The van der Waals surface area contributed by atoms with Crippen LogP contribution in [0.15, 0.2) is 53.6 Å². The van der Waals surface area contributed by atoms with E-state index >= 15 is 0 Å². The topological polar surface area (TPSA) is 64.4 Å². The average molecular weight is 253 g/mol. The molecule has 98 valence electrons. The molecule has 0 spiro atoms. The lowest BCUT2D eigenvalue weighted by atomic mass is 9.97. The molecule has 0 bridgehead atoms. The van der Waals surface area contributed by atoms with Crippen LogP contribution in [0.4, 0.5) is 0 Å². The fraction of sp³-hybridized carbons (Fsp3) is 0.188. The molecule has 0 aliphatic rings. The van der Waals surface area contributed by atoms with Crippen LogP contribution in [-0.4, -0.2) is 5.84 Å². The van der Waals surface area contributed by atoms with Crippen LogP contribution in [0, 0.1) is 0 Å². The Balaban J connectivity index is 2.41. The molecule has 0 unspecified atom stereocenters. The Morgan fingerprint density at radius 2 is 1.74 bits per heavy atom. The second-order valence-corrected chi connectivity index (χ2v) is 4.51. The smallest absolute Gasteiger partial charge is 0.150 e. The fourth-order valence-electron chi connectivity index (χ4n) is 2.17. The predicted molar refractivity (Wildman–Crippen MR) is 80.8 cm³/mol. The summed E-state index contributed by atoms with van der Waals surface area (Å²) in [5.74, 6) is 5.63. The molecule has 2 rings (SSSR count). The van der Waals surface area contributed by atoms with Crippen LogP contribution in [0.2, 0.25) is 0 Å². The van der Waals surface area contributed by atoms with Crippen molar-refractivity contribution in [2.24, 2.45) is 16.7 Å².